The molecule has 0 radical (unpaired) electrons. The number of hydrogen-bond donors (Lipinski definition) is 3. The fraction of sp³-hybridized carbons (Fsp3) is 0.579. The van der Waals surface area contributed by atoms with Gasteiger partial charge in [-0.15, -0.1) is 21.5 Å². The summed E-state index contributed by atoms with van der Waals surface area (Å²) in [5, 5.41) is 19.7. The first kappa shape index (κ1) is 21.9. The molecule has 0 aliphatic carbocycles. The smallest absolute Gasteiger partial charge is 0.242 e. The lowest BCUT2D eigenvalue weighted by molar-refractivity contribution is -0.121. The van der Waals surface area contributed by atoms with Gasteiger partial charge in [0.1, 0.15) is 18.7 Å². The summed E-state index contributed by atoms with van der Waals surface area (Å²) in [4.78, 5) is 17.8. The van der Waals surface area contributed by atoms with Gasteiger partial charge < -0.3 is 20.5 Å². The van der Waals surface area contributed by atoms with E-state index in [2.05, 4.69) is 51.1 Å². The summed E-state index contributed by atoms with van der Waals surface area (Å²) in [6, 6.07) is 4.20. The fourth-order valence-corrected chi connectivity index (χ4v) is 3.34. The molecule has 1 amide bonds. The molecule has 154 valence electrons. The minimum atomic E-state index is -0.275. The van der Waals surface area contributed by atoms with Crippen molar-refractivity contribution in [3.8, 4) is 0 Å². The van der Waals surface area contributed by atoms with Crippen LogP contribution in [0.1, 0.15) is 51.4 Å². The first-order valence-electron chi connectivity index (χ1n) is 9.54. The van der Waals surface area contributed by atoms with Gasteiger partial charge in [0.15, 0.2) is 5.96 Å². The number of aromatic nitrogens is 3. The Morgan fingerprint density at radius 2 is 2.18 bits per heavy atom. The Morgan fingerprint density at radius 1 is 1.39 bits per heavy atom. The average Bonchev–Trinajstić information content (AvgIpc) is 3.29. The quantitative estimate of drug-likeness (QED) is 0.462. The number of nitrogens with zero attached hydrogens (tertiary/aromatic N) is 4. The minimum Gasteiger partial charge on any atom is -0.355 e. The van der Waals surface area contributed by atoms with E-state index in [1.54, 1.807) is 17.7 Å². The van der Waals surface area contributed by atoms with Crippen LogP contribution in [0.4, 0.5) is 0 Å². The number of guanidine groups is 1. The number of nitrogens with one attached hydrogen (secondary N) is 3. The third kappa shape index (κ3) is 7.30. The Hall–Kier alpha value is -2.42. The van der Waals surface area contributed by atoms with Gasteiger partial charge >= 0.3 is 0 Å². The molecule has 0 spiro atoms. The van der Waals surface area contributed by atoms with Gasteiger partial charge in [-0.1, -0.05) is 13.0 Å². The third-order valence-electron chi connectivity index (χ3n) is 3.88. The molecule has 8 nitrogen and oxygen atoms in total. The zero-order chi connectivity index (χ0) is 20.6. The zero-order valence-corrected chi connectivity index (χ0v) is 18.1. The van der Waals surface area contributed by atoms with Crippen LogP contribution < -0.4 is 16.0 Å². The van der Waals surface area contributed by atoms with Crippen molar-refractivity contribution in [3.63, 3.8) is 0 Å². The fourth-order valence-electron chi connectivity index (χ4n) is 2.61. The average molecular weight is 406 g/mol. The second kappa shape index (κ2) is 10.2. The molecule has 2 heterocycles. The second-order valence-corrected chi connectivity index (χ2v) is 8.54. The molecule has 0 bridgehead atoms. The Morgan fingerprint density at radius 3 is 2.82 bits per heavy atom. The molecule has 3 N–H and O–H groups in total. The van der Waals surface area contributed by atoms with E-state index in [9.17, 15) is 4.79 Å². The lowest BCUT2D eigenvalue weighted by Gasteiger charge is -2.21. The number of hydrogen-bond acceptors (Lipinski definition) is 5. The van der Waals surface area contributed by atoms with Crippen molar-refractivity contribution >= 4 is 23.2 Å². The summed E-state index contributed by atoms with van der Waals surface area (Å²) < 4.78 is 2.01. The predicted molar refractivity (Wildman–Crippen MR) is 113 cm³/mol. The van der Waals surface area contributed by atoms with Crippen molar-refractivity contribution < 1.29 is 4.79 Å². The topological polar surface area (TPSA) is 96.2 Å². The van der Waals surface area contributed by atoms with Gasteiger partial charge in [0.05, 0.1) is 6.04 Å². The Balaban J connectivity index is 1.98. The number of carbonyl (C=O) groups is 1. The van der Waals surface area contributed by atoms with Crippen LogP contribution in [0.3, 0.4) is 0 Å². The van der Waals surface area contributed by atoms with E-state index in [0.29, 0.717) is 12.5 Å². The first-order chi connectivity index (χ1) is 13.3. The van der Waals surface area contributed by atoms with Crippen LogP contribution in [0, 0.1) is 0 Å². The van der Waals surface area contributed by atoms with E-state index in [1.807, 2.05) is 36.8 Å². The van der Waals surface area contributed by atoms with Crippen molar-refractivity contribution in [1.29, 1.82) is 0 Å². The maximum Gasteiger partial charge on any atom is 0.242 e. The van der Waals surface area contributed by atoms with E-state index in [4.69, 9.17) is 0 Å². The van der Waals surface area contributed by atoms with E-state index < -0.39 is 0 Å². The lowest BCUT2D eigenvalue weighted by Crippen LogP contribution is -2.44. The number of aliphatic imine (C=N–C) groups is 1. The molecule has 0 aliphatic rings. The normalized spacial score (nSPS) is 13.2. The van der Waals surface area contributed by atoms with Crippen molar-refractivity contribution in [2.75, 3.05) is 13.1 Å². The molecule has 0 fully saturated rings. The molecule has 28 heavy (non-hydrogen) atoms. The van der Waals surface area contributed by atoms with Crippen molar-refractivity contribution in [2.24, 2.45) is 4.99 Å². The van der Waals surface area contributed by atoms with Crippen molar-refractivity contribution in [1.82, 2.24) is 30.7 Å². The second-order valence-electron chi connectivity index (χ2n) is 7.57. The van der Waals surface area contributed by atoms with Crippen molar-refractivity contribution in [2.45, 2.75) is 59.2 Å². The highest BCUT2D eigenvalue weighted by atomic mass is 32.1. The largest absolute Gasteiger partial charge is 0.355 e. The van der Waals surface area contributed by atoms with Gasteiger partial charge in [-0.05, 0) is 39.1 Å². The summed E-state index contributed by atoms with van der Waals surface area (Å²) in [6.45, 7) is 11.4. The molecule has 9 heteroatoms. The number of rotatable bonds is 8. The molecule has 0 saturated heterocycles. The molecule has 0 aliphatic heterocycles. The Kier molecular flexibility index (Phi) is 7.98. The summed E-state index contributed by atoms with van der Waals surface area (Å²) in [5.74, 6) is 1.45. The highest BCUT2D eigenvalue weighted by molar-refractivity contribution is 7.10. The highest BCUT2D eigenvalue weighted by Gasteiger charge is 2.14. The van der Waals surface area contributed by atoms with Crippen LogP contribution in [-0.4, -0.2) is 45.3 Å². The SMILES string of the molecule is CCc1nncn1CCNC(=NCC(=O)NC(C)(C)C)NC(C)c1cccs1. The Labute approximate surface area is 170 Å². The van der Waals surface area contributed by atoms with Crippen LogP contribution in [-0.2, 0) is 17.8 Å². The highest BCUT2D eigenvalue weighted by Crippen LogP contribution is 2.17. The van der Waals surface area contributed by atoms with Crippen LogP contribution in [0.2, 0.25) is 0 Å². The Bertz CT molecular complexity index is 762. The van der Waals surface area contributed by atoms with Gasteiger partial charge in [-0.3, -0.25) is 4.79 Å². The monoisotopic (exact) mass is 405 g/mol. The number of aryl methyl sites for hydroxylation is 1. The van der Waals surface area contributed by atoms with E-state index >= 15 is 0 Å². The lowest BCUT2D eigenvalue weighted by atomic mass is 10.1. The van der Waals surface area contributed by atoms with Gasteiger partial charge in [0.25, 0.3) is 0 Å². The molecule has 1 atom stereocenters. The molecule has 2 rings (SSSR count). The molecular weight excluding hydrogens is 374 g/mol. The molecule has 0 aromatic carbocycles. The van der Waals surface area contributed by atoms with Gasteiger partial charge in [0.2, 0.25) is 5.91 Å². The molecule has 0 saturated carbocycles. The molecule has 1 unspecified atom stereocenters. The number of carbonyl (C=O) groups excluding carboxylic acids is 1. The van der Waals surface area contributed by atoms with Crippen LogP contribution in [0.5, 0.6) is 0 Å². The van der Waals surface area contributed by atoms with Gasteiger partial charge in [0, 0.05) is 29.9 Å². The summed E-state index contributed by atoms with van der Waals surface area (Å²) in [7, 11) is 0. The summed E-state index contributed by atoms with van der Waals surface area (Å²) in [5.41, 5.74) is -0.275. The minimum absolute atomic E-state index is 0.0661. The number of thiophene rings is 1. The van der Waals surface area contributed by atoms with Crippen LogP contribution >= 0.6 is 11.3 Å². The molecule has 2 aromatic rings. The van der Waals surface area contributed by atoms with Crippen LogP contribution in [0.25, 0.3) is 0 Å². The van der Waals surface area contributed by atoms with Crippen molar-refractivity contribution in [3.05, 3.63) is 34.5 Å². The maximum absolute atomic E-state index is 12.1. The summed E-state index contributed by atoms with van der Waals surface area (Å²) in [6.07, 6.45) is 2.57. The molecule has 2 aromatic heterocycles. The third-order valence-corrected chi connectivity index (χ3v) is 4.93. The van der Waals surface area contributed by atoms with Crippen LogP contribution in [0.15, 0.2) is 28.8 Å². The predicted octanol–water partition coefficient (Wildman–Crippen LogP) is 2.11. The van der Waals surface area contributed by atoms with E-state index in [0.717, 1.165) is 18.8 Å². The zero-order valence-electron chi connectivity index (χ0n) is 17.3. The molecular formula is C19H31N7OS. The van der Waals surface area contributed by atoms with E-state index in [1.165, 1.54) is 4.88 Å². The van der Waals surface area contributed by atoms with Gasteiger partial charge in [-0.25, -0.2) is 4.99 Å². The maximum atomic E-state index is 12.1. The van der Waals surface area contributed by atoms with E-state index in [-0.39, 0.29) is 24.0 Å². The first-order valence-corrected chi connectivity index (χ1v) is 10.4. The van der Waals surface area contributed by atoms with Gasteiger partial charge in [-0.2, -0.15) is 0 Å². The standard InChI is InChI=1S/C19H31N7OS/c1-6-16-25-22-13-26(16)10-9-20-18(21-12-17(27)24-19(3,4)5)23-14(2)15-8-7-11-28-15/h7-8,11,13-14H,6,9-10,12H2,1-5H3,(H,24,27)(H2,20,21,23). The summed E-state index contributed by atoms with van der Waals surface area (Å²) >= 11 is 1.69. The number of amides is 1.